The highest BCUT2D eigenvalue weighted by Gasteiger charge is 2.28. The third-order valence-electron chi connectivity index (χ3n) is 5.70. The number of carbonyl (C=O) groups excluding carboxylic acids is 2. The minimum absolute atomic E-state index is 0.105. The van der Waals surface area contributed by atoms with E-state index >= 15 is 0 Å². The lowest BCUT2D eigenvalue weighted by Crippen LogP contribution is -2.48. The molecule has 0 radical (unpaired) electrons. The van der Waals surface area contributed by atoms with E-state index in [2.05, 4.69) is 26.8 Å². The van der Waals surface area contributed by atoms with Crippen molar-refractivity contribution < 1.29 is 14.2 Å². The normalized spacial score (nSPS) is 19.8. The summed E-state index contributed by atoms with van der Waals surface area (Å²) < 4.78 is 4.62. The van der Waals surface area contributed by atoms with Gasteiger partial charge in [-0.25, -0.2) is 4.63 Å². The van der Waals surface area contributed by atoms with E-state index in [4.69, 9.17) is 0 Å². The van der Waals surface area contributed by atoms with Crippen LogP contribution in [0.5, 0.6) is 0 Å². The highest BCUT2D eigenvalue weighted by Crippen LogP contribution is 2.23. The summed E-state index contributed by atoms with van der Waals surface area (Å²) in [5, 5.41) is 7.37. The van der Waals surface area contributed by atoms with Gasteiger partial charge in [-0.15, -0.1) is 0 Å². The summed E-state index contributed by atoms with van der Waals surface area (Å²) in [5.41, 5.74) is 0.843. The van der Waals surface area contributed by atoms with Crippen LogP contribution >= 0.6 is 0 Å². The molecule has 1 aromatic rings. The largest absolute Gasteiger partial charge is 0.340 e. The van der Waals surface area contributed by atoms with Gasteiger partial charge in [-0.2, -0.15) is 0 Å². The van der Waals surface area contributed by atoms with E-state index in [9.17, 15) is 9.59 Å². The van der Waals surface area contributed by atoms with Gasteiger partial charge >= 0.3 is 0 Å². The molecule has 0 saturated carbocycles. The SMILES string of the molecule is CCN1CCN(C(=O)CCC2CCN(C(=O)c3nonc3C)CC2)CC1. The Bertz CT molecular complexity index is 616. The van der Waals surface area contributed by atoms with E-state index < -0.39 is 0 Å². The lowest BCUT2D eigenvalue weighted by Gasteiger charge is -2.35. The highest BCUT2D eigenvalue weighted by atomic mass is 16.6. The predicted octanol–water partition coefficient (Wildman–Crippen LogP) is 1.17. The van der Waals surface area contributed by atoms with Crippen molar-refractivity contribution in [1.82, 2.24) is 25.0 Å². The van der Waals surface area contributed by atoms with Crippen molar-refractivity contribution in [1.29, 1.82) is 0 Å². The molecule has 0 atom stereocenters. The number of rotatable bonds is 5. The molecule has 8 nitrogen and oxygen atoms in total. The van der Waals surface area contributed by atoms with Crippen LogP contribution < -0.4 is 0 Å². The fourth-order valence-corrected chi connectivity index (χ4v) is 3.80. The van der Waals surface area contributed by atoms with Crippen molar-refractivity contribution in [2.24, 2.45) is 5.92 Å². The minimum atomic E-state index is -0.105. The van der Waals surface area contributed by atoms with E-state index in [1.165, 1.54) is 0 Å². The number of carbonyl (C=O) groups is 2. The molecule has 26 heavy (non-hydrogen) atoms. The zero-order valence-corrected chi connectivity index (χ0v) is 15.8. The first kappa shape index (κ1) is 18.8. The Morgan fingerprint density at radius 2 is 1.73 bits per heavy atom. The number of piperidine rings is 1. The van der Waals surface area contributed by atoms with Gasteiger partial charge in [0.05, 0.1) is 0 Å². The first-order valence-corrected chi connectivity index (χ1v) is 9.67. The van der Waals surface area contributed by atoms with E-state index in [0.717, 1.165) is 52.0 Å². The third-order valence-corrected chi connectivity index (χ3v) is 5.70. The standard InChI is InChI=1S/C18H29N5O3/c1-3-21-10-12-22(13-11-21)16(24)5-4-15-6-8-23(9-7-15)18(25)17-14(2)19-26-20-17/h15H,3-13H2,1-2H3. The number of likely N-dealkylation sites (tertiary alicyclic amines) is 1. The second-order valence-electron chi connectivity index (χ2n) is 7.29. The Kier molecular flexibility index (Phi) is 6.24. The van der Waals surface area contributed by atoms with Crippen LogP contribution in [0.1, 0.15) is 48.8 Å². The van der Waals surface area contributed by atoms with Crippen LogP contribution in [-0.4, -0.2) is 82.6 Å². The molecule has 3 heterocycles. The average Bonchev–Trinajstić information content (AvgIpc) is 3.12. The van der Waals surface area contributed by atoms with Gasteiger partial charge in [-0.05, 0) is 43.8 Å². The van der Waals surface area contributed by atoms with Crippen LogP contribution in [0.3, 0.4) is 0 Å². The molecule has 8 heteroatoms. The number of aryl methyl sites for hydroxylation is 1. The molecule has 0 bridgehead atoms. The zero-order chi connectivity index (χ0) is 18.5. The lowest BCUT2D eigenvalue weighted by atomic mass is 9.91. The van der Waals surface area contributed by atoms with E-state index in [0.29, 0.717) is 36.8 Å². The van der Waals surface area contributed by atoms with Gasteiger partial charge in [0.25, 0.3) is 5.91 Å². The molecule has 0 aliphatic carbocycles. The monoisotopic (exact) mass is 363 g/mol. The van der Waals surface area contributed by atoms with Crippen molar-refractivity contribution in [3.63, 3.8) is 0 Å². The third kappa shape index (κ3) is 4.41. The predicted molar refractivity (Wildman–Crippen MR) is 95.6 cm³/mol. The Balaban J connectivity index is 1.38. The smallest absolute Gasteiger partial charge is 0.278 e. The number of aromatic nitrogens is 2. The Morgan fingerprint density at radius 3 is 2.31 bits per heavy atom. The van der Waals surface area contributed by atoms with Crippen molar-refractivity contribution in [3.8, 4) is 0 Å². The van der Waals surface area contributed by atoms with Gasteiger partial charge in [-0.1, -0.05) is 12.1 Å². The van der Waals surface area contributed by atoms with Crippen LogP contribution in [0, 0.1) is 12.8 Å². The second kappa shape index (κ2) is 8.62. The minimum Gasteiger partial charge on any atom is -0.340 e. The molecule has 2 fully saturated rings. The second-order valence-corrected chi connectivity index (χ2v) is 7.29. The molecule has 0 N–H and O–H groups in total. The molecule has 1 aromatic heterocycles. The Labute approximate surface area is 154 Å². The van der Waals surface area contributed by atoms with Crippen molar-refractivity contribution in [3.05, 3.63) is 11.4 Å². The summed E-state index contributed by atoms with van der Waals surface area (Å²) in [6.07, 6.45) is 3.41. The summed E-state index contributed by atoms with van der Waals surface area (Å²) in [6, 6.07) is 0. The first-order chi connectivity index (χ1) is 12.6. The van der Waals surface area contributed by atoms with Crippen LogP contribution in [0.4, 0.5) is 0 Å². The average molecular weight is 363 g/mol. The summed E-state index contributed by atoms with van der Waals surface area (Å²) in [5.74, 6) is 0.687. The van der Waals surface area contributed by atoms with Crippen molar-refractivity contribution in [2.75, 3.05) is 45.8 Å². The quantitative estimate of drug-likeness (QED) is 0.781. The van der Waals surface area contributed by atoms with Crippen molar-refractivity contribution in [2.45, 2.75) is 39.5 Å². The van der Waals surface area contributed by atoms with Gasteiger partial charge in [0.1, 0.15) is 5.69 Å². The fraction of sp³-hybridized carbons (Fsp3) is 0.778. The number of piperazine rings is 1. The highest BCUT2D eigenvalue weighted by molar-refractivity contribution is 5.93. The molecule has 2 amide bonds. The molecule has 3 rings (SSSR count). The van der Waals surface area contributed by atoms with E-state index in [-0.39, 0.29) is 11.8 Å². The maximum absolute atomic E-state index is 12.4. The van der Waals surface area contributed by atoms with Gasteiger partial charge < -0.3 is 14.7 Å². The number of hydrogen-bond acceptors (Lipinski definition) is 6. The number of nitrogens with zero attached hydrogens (tertiary/aromatic N) is 5. The summed E-state index contributed by atoms with van der Waals surface area (Å²) in [4.78, 5) is 31.0. The molecular formula is C18H29N5O3. The van der Waals surface area contributed by atoms with Gasteiger partial charge in [0, 0.05) is 45.7 Å². The maximum atomic E-state index is 12.4. The molecule has 2 saturated heterocycles. The van der Waals surface area contributed by atoms with Gasteiger partial charge in [-0.3, -0.25) is 9.59 Å². The maximum Gasteiger partial charge on any atom is 0.278 e. The van der Waals surface area contributed by atoms with Gasteiger partial charge in [0.15, 0.2) is 5.69 Å². The molecule has 0 unspecified atom stereocenters. The summed E-state index contributed by atoms with van der Waals surface area (Å²) in [7, 11) is 0. The lowest BCUT2D eigenvalue weighted by molar-refractivity contribution is -0.133. The summed E-state index contributed by atoms with van der Waals surface area (Å²) in [6.45, 7) is 10.0. The Morgan fingerprint density at radius 1 is 1.04 bits per heavy atom. The molecule has 144 valence electrons. The number of likely N-dealkylation sites (N-methyl/N-ethyl adjacent to an activating group) is 1. The topological polar surface area (TPSA) is 82.8 Å². The van der Waals surface area contributed by atoms with Crippen LogP contribution in [0.15, 0.2) is 4.63 Å². The van der Waals surface area contributed by atoms with Crippen LogP contribution in [-0.2, 0) is 4.79 Å². The number of hydrogen-bond donors (Lipinski definition) is 0. The molecule has 2 aliphatic heterocycles. The van der Waals surface area contributed by atoms with Crippen molar-refractivity contribution >= 4 is 11.8 Å². The van der Waals surface area contributed by atoms with Crippen LogP contribution in [0.25, 0.3) is 0 Å². The molecular weight excluding hydrogens is 334 g/mol. The van der Waals surface area contributed by atoms with Gasteiger partial charge in [0.2, 0.25) is 5.91 Å². The van der Waals surface area contributed by atoms with Crippen LogP contribution in [0.2, 0.25) is 0 Å². The van der Waals surface area contributed by atoms with E-state index in [1.54, 1.807) is 6.92 Å². The fourth-order valence-electron chi connectivity index (χ4n) is 3.80. The number of amides is 2. The molecule has 2 aliphatic rings. The molecule has 0 spiro atoms. The van der Waals surface area contributed by atoms with E-state index in [1.807, 2.05) is 9.80 Å². The Hall–Kier alpha value is -1.96. The summed E-state index contributed by atoms with van der Waals surface area (Å²) >= 11 is 0. The first-order valence-electron chi connectivity index (χ1n) is 9.67. The zero-order valence-electron chi connectivity index (χ0n) is 15.8. The molecule has 0 aromatic carbocycles.